The number of hydrogen-bond donors (Lipinski definition) is 1. The summed E-state index contributed by atoms with van der Waals surface area (Å²) in [6.07, 6.45) is 2.63. The minimum absolute atomic E-state index is 0.236. The van der Waals surface area contributed by atoms with Crippen LogP contribution in [0.25, 0.3) is 5.65 Å². The molecule has 0 fully saturated rings. The van der Waals surface area contributed by atoms with E-state index >= 15 is 0 Å². The summed E-state index contributed by atoms with van der Waals surface area (Å²) in [6, 6.07) is 9.25. The van der Waals surface area contributed by atoms with Crippen molar-refractivity contribution in [1.29, 1.82) is 0 Å². The number of pyridine rings is 1. The molecule has 0 unspecified atom stereocenters. The lowest BCUT2D eigenvalue weighted by Crippen LogP contribution is -2.12. The molecule has 0 atom stereocenters. The Hall–Kier alpha value is -2.69. The number of nitrogens with one attached hydrogen (secondary N) is 1. The van der Waals surface area contributed by atoms with Crippen molar-refractivity contribution in [2.45, 2.75) is 20.3 Å². The normalized spacial score (nSPS) is 10.9. The molecule has 0 aliphatic carbocycles. The van der Waals surface area contributed by atoms with Gasteiger partial charge in [-0.1, -0.05) is 6.92 Å². The Kier molecular flexibility index (Phi) is 3.63. The molecule has 5 heteroatoms. The van der Waals surface area contributed by atoms with E-state index in [2.05, 4.69) is 17.2 Å². The second-order valence-electron chi connectivity index (χ2n) is 5.10. The van der Waals surface area contributed by atoms with Gasteiger partial charge >= 0.3 is 0 Å². The van der Waals surface area contributed by atoms with Gasteiger partial charge < -0.3 is 9.72 Å². The van der Waals surface area contributed by atoms with Crippen molar-refractivity contribution < 1.29 is 9.18 Å². The maximum Gasteiger partial charge on any atom is 0.257 e. The Labute approximate surface area is 127 Å². The molecule has 112 valence electrons. The fraction of sp³-hybridized carbons (Fsp3) is 0.176. The van der Waals surface area contributed by atoms with Gasteiger partial charge in [-0.05, 0) is 49.7 Å². The maximum atomic E-state index is 12.9. The van der Waals surface area contributed by atoms with E-state index in [1.165, 1.54) is 24.3 Å². The molecule has 1 amide bonds. The SMILES string of the molecule is CCc1nc2ccc(C(=O)Nc3ccc(F)cc3)cn2c1C. The molecule has 0 aliphatic rings. The van der Waals surface area contributed by atoms with Gasteiger partial charge in [0.15, 0.2) is 0 Å². The molecule has 4 nitrogen and oxygen atoms in total. The Morgan fingerprint density at radius 2 is 1.95 bits per heavy atom. The topological polar surface area (TPSA) is 46.4 Å². The first-order chi connectivity index (χ1) is 10.6. The first-order valence-corrected chi connectivity index (χ1v) is 7.13. The summed E-state index contributed by atoms with van der Waals surface area (Å²) in [4.78, 5) is 16.8. The summed E-state index contributed by atoms with van der Waals surface area (Å²) in [5.74, 6) is -0.569. The van der Waals surface area contributed by atoms with Crippen molar-refractivity contribution >= 4 is 17.2 Å². The molecule has 0 aliphatic heterocycles. The van der Waals surface area contributed by atoms with Crippen LogP contribution >= 0.6 is 0 Å². The molecule has 0 radical (unpaired) electrons. The molecule has 0 spiro atoms. The second kappa shape index (κ2) is 5.60. The summed E-state index contributed by atoms with van der Waals surface area (Å²) in [5.41, 5.74) is 3.97. The van der Waals surface area contributed by atoms with Crippen molar-refractivity contribution in [2.24, 2.45) is 0 Å². The fourth-order valence-corrected chi connectivity index (χ4v) is 2.42. The molecule has 0 saturated carbocycles. The molecule has 0 saturated heterocycles. The van der Waals surface area contributed by atoms with Crippen LogP contribution in [0.5, 0.6) is 0 Å². The average molecular weight is 297 g/mol. The molecule has 0 bridgehead atoms. The number of rotatable bonds is 3. The number of aromatic nitrogens is 2. The number of fused-ring (bicyclic) bond motifs is 1. The number of hydrogen-bond acceptors (Lipinski definition) is 2. The second-order valence-corrected chi connectivity index (χ2v) is 5.10. The van der Waals surface area contributed by atoms with Crippen LogP contribution in [0.4, 0.5) is 10.1 Å². The van der Waals surface area contributed by atoms with Gasteiger partial charge in [0, 0.05) is 17.6 Å². The van der Waals surface area contributed by atoms with Crippen molar-refractivity contribution in [3.05, 3.63) is 65.4 Å². The molecular weight excluding hydrogens is 281 g/mol. The number of halogens is 1. The van der Waals surface area contributed by atoms with Gasteiger partial charge in [-0.3, -0.25) is 4.79 Å². The molecule has 1 N–H and O–H groups in total. The van der Waals surface area contributed by atoms with E-state index in [1.54, 1.807) is 12.3 Å². The summed E-state index contributed by atoms with van der Waals surface area (Å²) < 4.78 is 14.8. The lowest BCUT2D eigenvalue weighted by molar-refractivity contribution is 0.102. The average Bonchev–Trinajstić information content (AvgIpc) is 2.85. The summed E-state index contributed by atoms with van der Waals surface area (Å²) in [7, 11) is 0. The lowest BCUT2D eigenvalue weighted by Gasteiger charge is -2.06. The minimum Gasteiger partial charge on any atom is -0.322 e. The molecule has 2 heterocycles. The summed E-state index contributed by atoms with van der Waals surface area (Å²) >= 11 is 0. The quantitative estimate of drug-likeness (QED) is 0.803. The van der Waals surface area contributed by atoms with E-state index in [0.29, 0.717) is 11.3 Å². The van der Waals surface area contributed by atoms with Gasteiger partial charge in [-0.15, -0.1) is 0 Å². The largest absolute Gasteiger partial charge is 0.322 e. The van der Waals surface area contributed by atoms with Crippen molar-refractivity contribution in [3.8, 4) is 0 Å². The summed E-state index contributed by atoms with van der Waals surface area (Å²) in [6.45, 7) is 4.04. The number of aryl methyl sites for hydroxylation is 2. The van der Waals surface area contributed by atoms with Crippen LogP contribution in [-0.4, -0.2) is 15.3 Å². The number of carbonyl (C=O) groups is 1. The number of imidazole rings is 1. The third-order valence-electron chi connectivity index (χ3n) is 3.65. The predicted molar refractivity (Wildman–Crippen MR) is 83.7 cm³/mol. The van der Waals surface area contributed by atoms with Crippen molar-refractivity contribution in [1.82, 2.24) is 9.38 Å². The van der Waals surface area contributed by atoms with E-state index in [-0.39, 0.29) is 11.7 Å². The van der Waals surface area contributed by atoms with E-state index < -0.39 is 0 Å². The van der Waals surface area contributed by atoms with Crippen LogP contribution in [0.1, 0.15) is 28.7 Å². The Morgan fingerprint density at radius 1 is 1.23 bits per heavy atom. The number of benzene rings is 1. The van der Waals surface area contributed by atoms with Crippen molar-refractivity contribution in [3.63, 3.8) is 0 Å². The van der Waals surface area contributed by atoms with E-state index in [9.17, 15) is 9.18 Å². The van der Waals surface area contributed by atoms with Crippen molar-refractivity contribution in [2.75, 3.05) is 5.32 Å². The first kappa shape index (κ1) is 14.3. The minimum atomic E-state index is -0.333. The highest BCUT2D eigenvalue weighted by molar-refractivity contribution is 6.04. The van der Waals surface area contributed by atoms with Crippen LogP contribution in [-0.2, 0) is 6.42 Å². The predicted octanol–water partition coefficient (Wildman–Crippen LogP) is 3.60. The maximum absolute atomic E-state index is 12.9. The van der Waals surface area contributed by atoms with Gasteiger partial charge in [0.1, 0.15) is 11.5 Å². The number of amides is 1. The van der Waals surface area contributed by atoms with Crippen LogP contribution in [0, 0.1) is 12.7 Å². The van der Waals surface area contributed by atoms with Crippen LogP contribution in [0.3, 0.4) is 0 Å². The zero-order valence-electron chi connectivity index (χ0n) is 12.4. The molecule has 2 aromatic heterocycles. The third-order valence-corrected chi connectivity index (χ3v) is 3.65. The Balaban J connectivity index is 1.90. The molecular formula is C17H16FN3O. The van der Waals surface area contributed by atoms with E-state index in [4.69, 9.17) is 0 Å². The zero-order valence-corrected chi connectivity index (χ0v) is 12.4. The van der Waals surface area contributed by atoms with E-state index in [1.807, 2.05) is 17.4 Å². The molecule has 3 aromatic rings. The van der Waals surface area contributed by atoms with Gasteiger partial charge in [-0.25, -0.2) is 9.37 Å². The third kappa shape index (κ3) is 2.57. The van der Waals surface area contributed by atoms with Crippen LogP contribution < -0.4 is 5.32 Å². The zero-order chi connectivity index (χ0) is 15.7. The number of anilines is 1. The monoisotopic (exact) mass is 297 g/mol. The van der Waals surface area contributed by atoms with Crippen LogP contribution in [0.15, 0.2) is 42.6 Å². The highest BCUT2D eigenvalue weighted by Gasteiger charge is 2.11. The fourth-order valence-electron chi connectivity index (χ4n) is 2.42. The smallest absolute Gasteiger partial charge is 0.257 e. The van der Waals surface area contributed by atoms with Gasteiger partial charge in [0.2, 0.25) is 0 Å². The molecule has 3 rings (SSSR count). The highest BCUT2D eigenvalue weighted by Crippen LogP contribution is 2.15. The van der Waals surface area contributed by atoms with E-state index in [0.717, 1.165) is 23.5 Å². The van der Waals surface area contributed by atoms with Gasteiger partial charge in [0.05, 0.1) is 11.3 Å². The first-order valence-electron chi connectivity index (χ1n) is 7.13. The Bertz CT molecular complexity index is 837. The van der Waals surface area contributed by atoms with Crippen LogP contribution in [0.2, 0.25) is 0 Å². The summed E-state index contributed by atoms with van der Waals surface area (Å²) in [5, 5.41) is 2.75. The number of carbonyl (C=O) groups excluding carboxylic acids is 1. The highest BCUT2D eigenvalue weighted by atomic mass is 19.1. The number of nitrogens with zero attached hydrogens (tertiary/aromatic N) is 2. The lowest BCUT2D eigenvalue weighted by atomic mass is 10.2. The molecule has 22 heavy (non-hydrogen) atoms. The molecule has 1 aromatic carbocycles. The van der Waals surface area contributed by atoms with Gasteiger partial charge in [0.25, 0.3) is 5.91 Å². The standard InChI is InChI=1S/C17H16FN3O/c1-3-15-11(2)21-10-12(4-9-16(21)20-15)17(22)19-14-7-5-13(18)6-8-14/h4-10H,3H2,1-2H3,(H,19,22). The van der Waals surface area contributed by atoms with Gasteiger partial charge in [-0.2, -0.15) is 0 Å². The Morgan fingerprint density at radius 3 is 2.64 bits per heavy atom.